The highest BCUT2D eigenvalue weighted by atomic mass is 35.5. The van der Waals surface area contributed by atoms with E-state index >= 15 is 0 Å². The highest BCUT2D eigenvalue weighted by Gasteiger charge is 2.41. The van der Waals surface area contributed by atoms with E-state index in [0.717, 1.165) is 16.9 Å². The first-order chi connectivity index (χ1) is 16.2. The fraction of sp³-hybridized carbons (Fsp3) is 0.130. The predicted molar refractivity (Wildman–Crippen MR) is 128 cm³/mol. The molecular formula is C23H17ClF3N5OS. The lowest BCUT2D eigenvalue weighted by atomic mass is 10.1. The first-order valence-electron chi connectivity index (χ1n) is 9.97. The number of thiophene rings is 1. The number of ketones is 1. The normalized spacial score (nSPS) is 13.1. The molecule has 6 nitrogen and oxygen atoms in total. The minimum Gasteiger partial charge on any atom is -0.370 e. The molecule has 1 atom stereocenters. The van der Waals surface area contributed by atoms with E-state index in [1.54, 1.807) is 29.6 Å². The number of aromatic nitrogens is 2. The Kier molecular flexibility index (Phi) is 6.80. The molecule has 34 heavy (non-hydrogen) atoms. The molecule has 0 fully saturated rings. The van der Waals surface area contributed by atoms with Crippen LogP contribution in [0.1, 0.15) is 16.1 Å². The number of aliphatic imine (C=N–C) groups is 1. The summed E-state index contributed by atoms with van der Waals surface area (Å²) in [4.78, 5) is 24.7. The van der Waals surface area contributed by atoms with E-state index in [0.29, 0.717) is 21.6 Å². The summed E-state index contributed by atoms with van der Waals surface area (Å²) in [6, 6.07) is 14.9. The van der Waals surface area contributed by atoms with Crippen LogP contribution in [0.25, 0.3) is 22.2 Å². The Balaban J connectivity index is 1.66. The molecule has 174 valence electrons. The molecule has 0 spiro atoms. The van der Waals surface area contributed by atoms with Gasteiger partial charge >= 0.3 is 6.18 Å². The zero-order valence-corrected chi connectivity index (χ0v) is 19.0. The summed E-state index contributed by atoms with van der Waals surface area (Å²) >= 11 is 7.20. The van der Waals surface area contributed by atoms with Gasteiger partial charge in [0.1, 0.15) is 0 Å². The molecule has 0 saturated heterocycles. The van der Waals surface area contributed by atoms with Gasteiger partial charge in [-0.15, -0.1) is 11.3 Å². The number of hydrogen-bond acceptors (Lipinski definition) is 5. The summed E-state index contributed by atoms with van der Waals surface area (Å²) < 4.78 is 40.7. The van der Waals surface area contributed by atoms with Gasteiger partial charge in [0, 0.05) is 22.4 Å². The maximum absolute atomic E-state index is 13.6. The molecule has 2 heterocycles. The number of carbonyl (C=O) groups excluding carboxylic acids is 1. The Labute approximate surface area is 201 Å². The molecule has 0 aliphatic heterocycles. The molecule has 0 saturated carbocycles. The Morgan fingerprint density at radius 2 is 1.88 bits per heavy atom. The lowest BCUT2D eigenvalue weighted by molar-refractivity contribution is -0.146. The van der Waals surface area contributed by atoms with Gasteiger partial charge < -0.3 is 5.73 Å². The smallest absolute Gasteiger partial charge is 0.370 e. The second-order valence-electron chi connectivity index (χ2n) is 7.22. The van der Waals surface area contributed by atoms with E-state index < -0.39 is 30.4 Å². The fourth-order valence-corrected chi connectivity index (χ4v) is 4.08. The molecule has 0 aliphatic rings. The summed E-state index contributed by atoms with van der Waals surface area (Å²) in [5.74, 6) is -1.27. The van der Waals surface area contributed by atoms with E-state index in [4.69, 9.17) is 17.3 Å². The summed E-state index contributed by atoms with van der Waals surface area (Å²) in [5, 5.41) is 5.29. The Bertz CT molecular complexity index is 1340. The number of benzene rings is 2. The third-order valence-electron chi connectivity index (χ3n) is 4.79. The fourth-order valence-electron chi connectivity index (χ4n) is 3.24. The summed E-state index contributed by atoms with van der Waals surface area (Å²) in [6.45, 7) is 0. The summed E-state index contributed by atoms with van der Waals surface area (Å²) in [6.07, 6.45) is -5.63. The van der Waals surface area contributed by atoms with Gasteiger partial charge in [-0.3, -0.25) is 10.1 Å². The number of anilines is 1. The third kappa shape index (κ3) is 5.52. The van der Waals surface area contributed by atoms with Crippen molar-refractivity contribution in [1.82, 2.24) is 9.97 Å². The number of rotatable bonds is 6. The first kappa shape index (κ1) is 23.7. The molecule has 4 aromatic rings. The van der Waals surface area contributed by atoms with E-state index in [9.17, 15) is 18.0 Å². The maximum Gasteiger partial charge on any atom is 0.411 e. The van der Waals surface area contributed by atoms with E-state index in [-0.39, 0.29) is 10.8 Å². The largest absolute Gasteiger partial charge is 0.411 e. The standard InChI is InChI=1S/C23H17ClF3N5OS/c24-14-8-9-16-15(11-14)20(13-5-2-1-3-6-13)31-22(29-16)32-21(28)30-19(23(25,26)27)12-17(33)18-7-4-10-34-18/h1-11,19H,12H2,(H3,28,29,30,31,32)/t19-/m1/s1. The van der Waals surface area contributed by atoms with Gasteiger partial charge in [0.15, 0.2) is 17.8 Å². The zero-order chi connectivity index (χ0) is 24.3. The van der Waals surface area contributed by atoms with Crippen molar-refractivity contribution < 1.29 is 18.0 Å². The molecular weight excluding hydrogens is 487 g/mol. The van der Waals surface area contributed by atoms with Crippen LogP contribution < -0.4 is 11.1 Å². The monoisotopic (exact) mass is 503 g/mol. The SMILES string of the molecule is NC(=N[C@H](CC(=O)c1cccs1)C(F)(F)F)Nc1nc(-c2ccccc2)c2cc(Cl)ccc2n1. The van der Waals surface area contributed by atoms with Gasteiger partial charge in [0.2, 0.25) is 5.95 Å². The van der Waals surface area contributed by atoms with Gasteiger partial charge in [-0.1, -0.05) is 48.0 Å². The quantitative estimate of drug-likeness (QED) is 0.193. The van der Waals surface area contributed by atoms with Crippen LogP contribution in [0.2, 0.25) is 5.02 Å². The number of nitrogens with zero attached hydrogens (tertiary/aromatic N) is 3. The van der Waals surface area contributed by atoms with Gasteiger partial charge in [0.25, 0.3) is 0 Å². The van der Waals surface area contributed by atoms with Crippen molar-refractivity contribution in [3.05, 3.63) is 75.9 Å². The van der Waals surface area contributed by atoms with E-state index in [1.807, 2.05) is 30.3 Å². The summed E-state index contributed by atoms with van der Waals surface area (Å²) in [7, 11) is 0. The lowest BCUT2D eigenvalue weighted by Gasteiger charge is -2.17. The number of nitrogens with one attached hydrogen (secondary N) is 1. The van der Waals surface area contributed by atoms with Crippen molar-refractivity contribution in [1.29, 1.82) is 0 Å². The highest BCUT2D eigenvalue weighted by Crippen LogP contribution is 2.30. The van der Waals surface area contributed by atoms with Crippen LogP contribution in [0.5, 0.6) is 0 Å². The first-order valence-corrected chi connectivity index (χ1v) is 11.2. The Morgan fingerprint density at radius 1 is 1.12 bits per heavy atom. The Hall–Kier alpha value is -3.50. The number of carbonyl (C=O) groups is 1. The van der Waals surface area contributed by atoms with Crippen molar-refractivity contribution in [3.63, 3.8) is 0 Å². The van der Waals surface area contributed by atoms with E-state index in [2.05, 4.69) is 20.3 Å². The average molecular weight is 504 g/mol. The lowest BCUT2D eigenvalue weighted by Crippen LogP contribution is -2.34. The number of nitrogens with two attached hydrogens (primary N) is 1. The van der Waals surface area contributed by atoms with Crippen molar-refractivity contribution in [2.24, 2.45) is 10.7 Å². The number of fused-ring (bicyclic) bond motifs is 1. The van der Waals surface area contributed by atoms with Crippen LogP contribution in [0.4, 0.5) is 19.1 Å². The molecule has 3 N–H and O–H groups in total. The topological polar surface area (TPSA) is 93.3 Å². The highest BCUT2D eigenvalue weighted by molar-refractivity contribution is 7.12. The van der Waals surface area contributed by atoms with Crippen LogP contribution in [-0.4, -0.2) is 33.9 Å². The maximum atomic E-state index is 13.6. The Morgan fingerprint density at radius 3 is 2.56 bits per heavy atom. The van der Waals surface area contributed by atoms with Gasteiger partial charge in [0.05, 0.1) is 16.1 Å². The van der Waals surface area contributed by atoms with Crippen LogP contribution in [-0.2, 0) is 0 Å². The summed E-state index contributed by atoms with van der Waals surface area (Å²) in [5.41, 5.74) is 7.56. The molecule has 2 aromatic carbocycles. The van der Waals surface area contributed by atoms with Crippen molar-refractivity contribution >= 4 is 51.5 Å². The van der Waals surface area contributed by atoms with Crippen LogP contribution in [0.3, 0.4) is 0 Å². The number of alkyl halides is 3. The van der Waals surface area contributed by atoms with Crippen molar-refractivity contribution in [2.75, 3.05) is 5.32 Å². The van der Waals surface area contributed by atoms with Gasteiger partial charge in [-0.2, -0.15) is 13.2 Å². The average Bonchev–Trinajstić information content (AvgIpc) is 3.33. The molecule has 0 unspecified atom stereocenters. The molecule has 0 aliphatic carbocycles. The number of Topliss-reactive ketones (excluding diaryl/α,β-unsaturated/α-hetero) is 1. The van der Waals surface area contributed by atoms with Gasteiger partial charge in [-0.05, 0) is 29.6 Å². The number of halogens is 4. The van der Waals surface area contributed by atoms with Crippen LogP contribution in [0, 0.1) is 0 Å². The predicted octanol–water partition coefficient (Wildman–Crippen LogP) is 5.94. The molecule has 0 amide bonds. The minimum absolute atomic E-state index is 0.0413. The van der Waals surface area contributed by atoms with Crippen LogP contribution in [0.15, 0.2) is 71.0 Å². The molecule has 4 rings (SSSR count). The number of hydrogen-bond donors (Lipinski definition) is 2. The van der Waals surface area contributed by atoms with Gasteiger partial charge in [-0.25, -0.2) is 15.0 Å². The minimum atomic E-state index is -4.77. The van der Waals surface area contributed by atoms with Crippen molar-refractivity contribution in [2.45, 2.75) is 18.6 Å². The third-order valence-corrected chi connectivity index (χ3v) is 5.94. The van der Waals surface area contributed by atoms with E-state index in [1.165, 1.54) is 6.07 Å². The van der Waals surface area contributed by atoms with Crippen LogP contribution >= 0.6 is 22.9 Å². The second-order valence-corrected chi connectivity index (χ2v) is 8.61. The van der Waals surface area contributed by atoms with Crippen molar-refractivity contribution in [3.8, 4) is 11.3 Å². The molecule has 2 aromatic heterocycles. The number of guanidine groups is 1. The molecule has 11 heteroatoms. The molecule has 0 bridgehead atoms. The zero-order valence-electron chi connectivity index (χ0n) is 17.4. The second kappa shape index (κ2) is 9.78. The molecule has 0 radical (unpaired) electrons.